The summed E-state index contributed by atoms with van der Waals surface area (Å²) in [6.07, 6.45) is -0.0559. The number of nitrogens with two attached hydrogens (primary N) is 1. The van der Waals surface area contributed by atoms with Crippen molar-refractivity contribution in [3.63, 3.8) is 0 Å². The van der Waals surface area contributed by atoms with Crippen molar-refractivity contribution in [2.75, 3.05) is 27.7 Å². The first-order valence-electron chi connectivity index (χ1n) is 5.87. The van der Waals surface area contributed by atoms with Gasteiger partial charge in [-0.15, -0.1) is 0 Å². The molecule has 0 aliphatic heterocycles. The smallest absolute Gasteiger partial charge is 0.120 e. The van der Waals surface area contributed by atoms with Gasteiger partial charge in [0.2, 0.25) is 0 Å². The lowest BCUT2D eigenvalue weighted by atomic mass is 10.00. The van der Waals surface area contributed by atoms with E-state index in [9.17, 15) is 5.11 Å². The molecule has 0 saturated heterocycles. The van der Waals surface area contributed by atoms with E-state index in [1.807, 2.05) is 19.0 Å². The predicted molar refractivity (Wildman–Crippen MR) is 74.1 cm³/mol. The number of methoxy groups -OCH3 is 1. The normalized spacial score (nSPS) is 14.6. The molecule has 0 aliphatic rings. The summed E-state index contributed by atoms with van der Waals surface area (Å²) in [6, 6.07) is 4.86. The standard InChI is InChI=1S/C13H21ClN2O2/c1-16(2)7-6-12(15)13(17)10-5-4-9(18-3)8-11(10)14/h4-5,8,12-13,17H,6-7,15H2,1-3H3. The molecule has 0 radical (unpaired) electrons. The van der Waals surface area contributed by atoms with Crippen molar-refractivity contribution >= 4 is 11.6 Å². The molecule has 1 aromatic carbocycles. The summed E-state index contributed by atoms with van der Waals surface area (Å²) >= 11 is 6.10. The lowest BCUT2D eigenvalue weighted by Gasteiger charge is -2.22. The van der Waals surface area contributed by atoms with E-state index >= 15 is 0 Å². The highest BCUT2D eigenvalue weighted by molar-refractivity contribution is 6.31. The van der Waals surface area contributed by atoms with Gasteiger partial charge in [0.1, 0.15) is 5.75 Å². The molecule has 2 atom stereocenters. The number of ether oxygens (including phenoxy) is 1. The second-order valence-corrected chi connectivity index (χ2v) is 5.00. The van der Waals surface area contributed by atoms with Crippen LogP contribution in [0.3, 0.4) is 0 Å². The molecule has 0 aliphatic carbocycles. The van der Waals surface area contributed by atoms with Gasteiger partial charge in [0.15, 0.2) is 0 Å². The third kappa shape index (κ3) is 4.14. The minimum Gasteiger partial charge on any atom is -0.497 e. The zero-order valence-electron chi connectivity index (χ0n) is 11.1. The van der Waals surface area contributed by atoms with Crippen LogP contribution in [0.1, 0.15) is 18.1 Å². The van der Waals surface area contributed by atoms with Gasteiger partial charge in [-0.3, -0.25) is 0 Å². The Balaban J connectivity index is 2.73. The topological polar surface area (TPSA) is 58.7 Å². The lowest BCUT2D eigenvalue weighted by Crippen LogP contribution is -2.32. The Bertz CT molecular complexity index is 385. The van der Waals surface area contributed by atoms with Crippen molar-refractivity contribution in [1.29, 1.82) is 0 Å². The fourth-order valence-electron chi connectivity index (χ4n) is 1.67. The number of aliphatic hydroxyl groups excluding tert-OH is 1. The Morgan fingerprint density at radius 2 is 2.11 bits per heavy atom. The number of rotatable bonds is 6. The molecule has 0 saturated carbocycles. The summed E-state index contributed by atoms with van der Waals surface area (Å²) < 4.78 is 5.07. The number of nitrogens with zero attached hydrogens (tertiary/aromatic N) is 1. The van der Waals surface area contributed by atoms with E-state index in [1.54, 1.807) is 25.3 Å². The van der Waals surface area contributed by atoms with E-state index in [-0.39, 0.29) is 6.04 Å². The Morgan fingerprint density at radius 3 is 2.61 bits per heavy atom. The van der Waals surface area contributed by atoms with Gasteiger partial charge in [-0.05, 0) is 39.2 Å². The van der Waals surface area contributed by atoms with Crippen LogP contribution in [0.5, 0.6) is 5.75 Å². The molecule has 0 amide bonds. The number of hydrogen-bond donors (Lipinski definition) is 2. The molecule has 5 heteroatoms. The predicted octanol–water partition coefficient (Wildman–Crippen LogP) is 1.66. The SMILES string of the molecule is COc1ccc(C(O)C(N)CCN(C)C)c(Cl)c1. The zero-order chi connectivity index (χ0) is 13.7. The van der Waals surface area contributed by atoms with Crippen LogP contribution < -0.4 is 10.5 Å². The van der Waals surface area contributed by atoms with Crippen molar-refractivity contribution in [2.24, 2.45) is 5.73 Å². The monoisotopic (exact) mass is 272 g/mol. The molecule has 1 aromatic rings. The highest BCUT2D eigenvalue weighted by Crippen LogP contribution is 2.29. The Kier molecular flexibility index (Phi) is 5.88. The van der Waals surface area contributed by atoms with E-state index in [0.717, 1.165) is 6.54 Å². The van der Waals surface area contributed by atoms with Crippen molar-refractivity contribution in [2.45, 2.75) is 18.6 Å². The fraction of sp³-hybridized carbons (Fsp3) is 0.538. The highest BCUT2D eigenvalue weighted by Gasteiger charge is 2.19. The minimum absolute atomic E-state index is 0.335. The lowest BCUT2D eigenvalue weighted by molar-refractivity contribution is 0.137. The van der Waals surface area contributed by atoms with Crippen LogP contribution in [0.4, 0.5) is 0 Å². The van der Waals surface area contributed by atoms with Crippen LogP contribution in [0.25, 0.3) is 0 Å². The second-order valence-electron chi connectivity index (χ2n) is 4.59. The largest absolute Gasteiger partial charge is 0.497 e. The summed E-state index contributed by atoms with van der Waals surface area (Å²) in [5, 5.41) is 10.7. The van der Waals surface area contributed by atoms with Crippen LogP contribution in [-0.2, 0) is 0 Å². The first-order valence-corrected chi connectivity index (χ1v) is 6.25. The maximum absolute atomic E-state index is 10.2. The van der Waals surface area contributed by atoms with Crippen molar-refractivity contribution in [3.05, 3.63) is 28.8 Å². The molecule has 3 N–H and O–H groups in total. The quantitative estimate of drug-likeness (QED) is 0.827. The zero-order valence-corrected chi connectivity index (χ0v) is 11.8. The molecule has 0 spiro atoms. The number of aliphatic hydroxyl groups is 1. The molecule has 18 heavy (non-hydrogen) atoms. The molecule has 0 aromatic heterocycles. The summed E-state index contributed by atoms with van der Waals surface area (Å²) in [5.74, 6) is 0.665. The minimum atomic E-state index is -0.761. The van der Waals surface area contributed by atoms with Gasteiger partial charge in [0.05, 0.1) is 18.2 Å². The van der Waals surface area contributed by atoms with Crippen molar-refractivity contribution in [3.8, 4) is 5.75 Å². The highest BCUT2D eigenvalue weighted by atomic mass is 35.5. The Morgan fingerprint density at radius 1 is 1.44 bits per heavy atom. The van der Waals surface area contributed by atoms with Gasteiger partial charge in [-0.1, -0.05) is 17.7 Å². The van der Waals surface area contributed by atoms with Gasteiger partial charge >= 0.3 is 0 Å². The first-order chi connectivity index (χ1) is 8.45. The fourth-order valence-corrected chi connectivity index (χ4v) is 1.95. The van der Waals surface area contributed by atoms with Gasteiger partial charge in [0, 0.05) is 11.6 Å². The van der Waals surface area contributed by atoms with Gasteiger partial charge in [-0.25, -0.2) is 0 Å². The molecule has 4 nitrogen and oxygen atoms in total. The molecular formula is C13H21ClN2O2. The van der Waals surface area contributed by atoms with Crippen molar-refractivity contribution in [1.82, 2.24) is 4.90 Å². The van der Waals surface area contributed by atoms with E-state index < -0.39 is 6.10 Å². The Hall–Kier alpha value is -0.810. The average Bonchev–Trinajstić information content (AvgIpc) is 2.34. The number of hydrogen-bond acceptors (Lipinski definition) is 4. The number of benzene rings is 1. The van der Waals surface area contributed by atoms with Crippen molar-refractivity contribution < 1.29 is 9.84 Å². The van der Waals surface area contributed by atoms with E-state index in [0.29, 0.717) is 22.8 Å². The molecular weight excluding hydrogens is 252 g/mol. The van der Waals surface area contributed by atoms with Crippen LogP contribution in [-0.4, -0.2) is 43.8 Å². The van der Waals surface area contributed by atoms with Crippen LogP contribution >= 0.6 is 11.6 Å². The molecule has 0 heterocycles. The molecule has 1 rings (SSSR count). The Labute approximate surface area is 113 Å². The third-order valence-corrected chi connectivity index (χ3v) is 3.17. The summed E-state index contributed by atoms with van der Waals surface area (Å²) in [4.78, 5) is 2.03. The van der Waals surface area contributed by atoms with Crippen LogP contribution in [0.15, 0.2) is 18.2 Å². The van der Waals surface area contributed by atoms with E-state index in [1.165, 1.54) is 0 Å². The number of halogens is 1. The van der Waals surface area contributed by atoms with Gasteiger partial charge in [0.25, 0.3) is 0 Å². The first kappa shape index (κ1) is 15.2. The summed E-state index contributed by atoms with van der Waals surface area (Å²) in [7, 11) is 5.52. The summed E-state index contributed by atoms with van der Waals surface area (Å²) in [5.41, 5.74) is 6.61. The van der Waals surface area contributed by atoms with E-state index in [2.05, 4.69) is 0 Å². The molecule has 0 bridgehead atoms. The maximum atomic E-state index is 10.2. The maximum Gasteiger partial charge on any atom is 0.120 e. The van der Waals surface area contributed by atoms with Gasteiger partial charge in [-0.2, -0.15) is 0 Å². The van der Waals surface area contributed by atoms with Crippen LogP contribution in [0.2, 0.25) is 5.02 Å². The second kappa shape index (κ2) is 6.95. The molecule has 0 fully saturated rings. The van der Waals surface area contributed by atoms with Gasteiger partial charge < -0.3 is 20.5 Å². The third-order valence-electron chi connectivity index (χ3n) is 2.84. The molecule has 2 unspecified atom stereocenters. The average molecular weight is 273 g/mol. The van der Waals surface area contributed by atoms with E-state index in [4.69, 9.17) is 22.1 Å². The molecule has 102 valence electrons. The summed E-state index contributed by atoms with van der Waals surface area (Å²) in [6.45, 7) is 0.825. The van der Waals surface area contributed by atoms with Crippen LogP contribution in [0, 0.1) is 0 Å².